The van der Waals surface area contributed by atoms with Gasteiger partial charge in [-0.1, -0.05) is 31.0 Å². The van der Waals surface area contributed by atoms with Gasteiger partial charge in [-0.05, 0) is 112 Å². The molecular weight excluding hydrogens is 624 g/mol. The van der Waals surface area contributed by atoms with Crippen LogP contribution in [0.3, 0.4) is 0 Å². The summed E-state index contributed by atoms with van der Waals surface area (Å²) in [6, 6.07) is 10.1. The van der Waals surface area contributed by atoms with Gasteiger partial charge in [-0.2, -0.15) is 0 Å². The van der Waals surface area contributed by atoms with Crippen molar-refractivity contribution < 1.29 is 31.5 Å². The number of carbonyl (C=O) groups excluding carboxylic acids is 2. The fourth-order valence-corrected chi connectivity index (χ4v) is 8.38. The zero-order valence-corrected chi connectivity index (χ0v) is 28.4. The van der Waals surface area contributed by atoms with Gasteiger partial charge in [0.25, 0.3) is 5.91 Å². The zero-order chi connectivity index (χ0) is 33.6. The summed E-state index contributed by atoms with van der Waals surface area (Å²) in [5.41, 5.74) is -0.780. The van der Waals surface area contributed by atoms with Gasteiger partial charge in [0.1, 0.15) is 17.7 Å². The highest BCUT2D eigenvalue weighted by molar-refractivity contribution is 7.90. The van der Waals surface area contributed by atoms with Crippen LogP contribution in [0.25, 0.3) is 11.1 Å². The van der Waals surface area contributed by atoms with Crippen LogP contribution < -0.4 is 20.1 Å². The number of carbonyl (C=O) groups is 2. The lowest BCUT2D eigenvalue weighted by atomic mass is 9.61. The molecule has 47 heavy (non-hydrogen) atoms. The van der Waals surface area contributed by atoms with E-state index in [1.165, 1.54) is 13.0 Å². The molecule has 0 radical (unpaired) electrons. The number of nitrogens with one attached hydrogen (secondary N) is 3. The Bertz CT molecular complexity index is 1640. The molecule has 4 fully saturated rings. The first-order valence-electron chi connectivity index (χ1n) is 17.1. The Morgan fingerprint density at radius 1 is 1.04 bits per heavy atom. The molecule has 1 aliphatic heterocycles. The second-order valence-corrected chi connectivity index (χ2v) is 16.8. The number of sulfonamides is 1. The molecule has 3 saturated carbocycles. The van der Waals surface area contributed by atoms with E-state index in [9.17, 15) is 18.0 Å². The van der Waals surface area contributed by atoms with E-state index in [0.29, 0.717) is 47.3 Å². The van der Waals surface area contributed by atoms with E-state index in [-0.39, 0.29) is 48.0 Å². The van der Waals surface area contributed by atoms with Crippen LogP contribution in [0.4, 0.5) is 8.78 Å². The van der Waals surface area contributed by atoms with Crippen molar-refractivity contribution in [3.8, 4) is 16.9 Å². The molecule has 11 heteroatoms. The molecule has 0 unspecified atom stereocenters. The summed E-state index contributed by atoms with van der Waals surface area (Å²) in [5.74, 6) is -1.15. The van der Waals surface area contributed by atoms with Crippen LogP contribution in [0.15, 0.2) is 36.4 Å². The van der Waals surface area contributed by atoms with Gasteiger partial charge in [0.05, 0.1) is 11.2 Å². The summed E-state index contributed by atoms with van der Waals surface area (Å²) in [7, 11) is -3.78. The van der Waals surface area contributed by atoms with Gasteiger partial charge in [0.2, 0.25) is 21.6 Å². The molecule has 2 amide bonds. The predicted molar refractivity (Wildman–Crippen MR) is 177 cm³/mol. The molecule has 2 aromatic carbocycles. The van der Waals surface area contributed by atoms with E-state index < -0.39 is 32.9 Å². The minimum atomic E-state index is -3.78. The summed E-state index contributed by atoms with van der Waals surface area (Å²) in [6.07, 6.45) is 7.54. The first kappa shape index (κ1) is 33.8. The van der Waals surface area contributed by atoms with Crippen LogP contribution >= 0.6 is 0 Å². The number of ether oxygens (including phenoxy) is 1. The second kappa shape index (κ2) is 12.8. The van der Waals surface area contributed by atoms with E-state index in [1.54, 1.807) is 38.1 Å². The monoisotopic (exact) mass is 671 g/mol. The molecule has 2 aromatic rings. The van der Waals surface area contributed by atoms with Crippen molar-refractivity contribution >= 4 is 21.8 Å². The summed E-state index contributed by atoms with van der Waals surface area (Å²) < 4.78 is 64.5. The highest BCUT2D eigenvalue weighted by Gasteiger charge is 2.52. The number of benzene rings is 2. The molecule has 8 nitrogen and oxygen atoms in total. The van der Waals surface area contributed by atoms with Gasteiger partial charge in [0.15, 0.2) is 0 Å². The molecule has 1 heterocycles. The van der Waals surface area contributed by atoms with Gasteiger partial charge in [-0.25, -0.2) is 17.2 Å². The Morgan fingerprint density at radius 3 is 2.47 bits per heavy atom. The highest BCUT2D eigenvalue weighted by atomic mass is 32.2. The van der Waals surface area contributed by atoms with Gasteiger partial charge in [-0.15, -0.1) is 0 Å². The molecule has 3 aliphatic carbocycles. The molecular formula is C36H47F2N3O5S. The molecule has 0 aromatic heterocycles. The third kappa shape index (κ3) is 6.80. The Morgan fingerprint density at radius 2 is 1.81 bits per heavy atom. The van der Waals surface area contributed by atoms with Crippen molar-refractivity contribution in [2.45, 2.75) is 114 Å². The number of hydrogen-bond donors (Lipinski definition) is 3. The summed E-state index contributed by atoms with van der Waals surface area (Å²) in [4.78, 5) is 26.4. The Kier molecular flexibility index (Phi) is 9.19. The molecule has 1 spiro atoms. The molecule has 3 N–H and O–H groups in total. The third-order valence-corrected chi connectivity index (χ3v) is 12.4. The normalized spacial score (nSPS) is 25.9. The van der Waals surface area contributed by atoms with Crippen LogP contribution in [-0.2, 0) is 25.0 Å². The van der Waals surface area contributed by atoms with Crippen LogP contribution in [0.5, 0.6) is 5.75 Å². The molecule has 256 valence electrons. The van der Waals surface area contributed by atoms with Crippen molar-refractivity contribution in [2.75, 3.05) is 18.8 Å². The minimum absolute atomic E-state index is 0.0264. The van der Waals surface area contributed by atoms with Gasteiger partial charge < -0.3 is 15.4 Å². The largest absolute Gasteiger partial charge is 0.490 e. The number of alkyl halides is 1. The van der Waals surface area contributed by atoms with Crippen LogP contribution in [0.2, 0.25) is 0 Å². The lowest BCUT2D eigenvalue weighted by molar-refractivity contribution is -0.139. The summed E-state index contributed by atoms with van der Waals surface area (Å²) >= 11 is 0. The van der Waals surface area contributed by atoms with E-state index in [4.69, 9.17) is 4.74 Å². The average Bonchev–Trinajstić information content (AvgIpc) is 3.43. The van der Waals surface area contributed by atoms with Crippen LogP contribution in [0.1, 0.15) is 102 Å². The number of amides is 2. The number of rotatable bonds is 10. The molecule has 3 atom stereocenters. The molecule has 0 bridgehead atoms. The van der Waals surface area contributed by atoms with Crippen LogP contribution in [0, 0.1) is 11.2 Å². The lowest BCUT2D eigenvalue weighted by Gasteiger charge is -2.49. The summed E-state index contributed by atoms with van der Waals surface area (Å²) in [6.45, 7) is 5.56. The van der Waals surface area contributed by atoms with Crippen molar-refractivity contribution in [3.63, 3.8) is 0 Å². The summed E-state index contributed by atoms with van der Waals surface area (Å²) in [5, 5.41) is 6.13. The van der Waals surface area contributed by atoms with Gasteiger partial charge in [0, 0.05) is 31.1 Å². The maximum absolute atomic E-state index is 15.9. The van der Waals surface area contributed by atoms with Crippen molar-refractivity contribution in [2.24, 2.45) is 5.41 Å². The quantitative estimate of drug-likeness (QED) is 0.295. The Balaban J connectivity index is 1.24. The highest BCUT2D eigenvalue weighted by Crippen LogP contribution is 2.49. The molecule has 1 saturated heterocycles. The standard InChI is InChI=1S/C36H47F2N3O5S/c1-4-47(44,45)41-32(42)34(2,3)24-12-15-30(28(18-24)27-10-6-11-29(37)31(27)23-8-5-9-23)46-26-14-13-25(19-26)40-33(43)36(38)20-35(16-7-17-35)21-39-22-36/h6,10-12,15,18,23,25-26,39H,4-5,7-9,13-14,16-17,19-22H2,1-3H3,(H,40,43)(H,41,42)/t25-,26-,36+/m1/s1. The van der Waals surface area contributed by atoms with E-state index in [1.807, 2.05) is 6.07 Å². The minimum Gasteiger partial charge on any atom is -0.490 e. The van der Waals surface area contributed by atoms with Crippen LogP contribution in [-0.4, -0.2) is 56.9 Å². The van der Waals surface area contributed by atoms with Gasteiger partial charge in [-0.3, -0.25) is 14.3 Å². The Labute approximate surface area is 276 Å². The number of hydrogen-bond acceptors (Lipinski definition) is 6. The maximum Gasteiger partial charge on any atom is 0.259 e. The number of halogens is 2. The fraction of sp³-hybridized carbons (Fsp3) is 0.611. The first-order valence-corrected chi connectivity index (χ1v) is 18.7. The van der Waals surface area contributed by atoms with Gasteiger partial charge >= 0.3 is 0 Å². The zero-order valence-electron chi connectivity index (χ0n) is 27.6. The second-order valence-electron chi connectivity index (χ2n) is 14.8. The predicted octanol–water partition coefficient (Wildman–Crippen LogP) is 5.79. The van der Waals surface area contributed by atoms with E-state index in [0.717, 1.165) is 45.1 Å². The third-order valence-electron chi connectivity index (χ3n) is 11.1. The molecule has 4 aliphatic rings. The first-order chi connectivity index (χ1) is 22.2. The van der Waals surface area contributed by atoms with E-state index >= 15 is 8.78 Å². The lowest BCUT2D eigenvalue weighted by Crippen LogP contribution is -2.61. The van der Waals surface area contributed by atoms with Crippen molar-refractivity contribution in [3.05, 3.63) is 53.3 Å². The fourth-order valence-electron chi connectivity index (χ4n) is 7.70. The van der Waals surface area contributed by atoms with Crippen molar-refractivity contribution in [1.82, 2.24) is 15.4 Å². The number of piperidine rings is 1. The van der Waals surface area contributed by atoms with E-state index in [2.05, 4.69) is 15.4 Å². The topological polar surface area (TPSA) is 114 Å². The maximum atomic E-state index is 15.9. The SMILES string of the molecule is CCS(=O)(=O)NC(=O)C(C)(C)c1ccc(O[C@@H]2CC[C@@H](NC(=O)[C@@]3(F)CNCC4(CCC4)C3)C2)c(-c2cccc(F)c2C2CCC2)c1. The molecule has 6 rings (SSSR count). The smallest absolute Gasteiger partial charge is 0.259 e. The Hall–Kier alpha value is -3.05. The average molecular weight is 672 g/mol. The van der Waals surface area contributed by atoms with Crippen molar-refractivity contribution in [1.29, 1.82) is 0 Å².